The van der Waals surface area contributed by atoms with Crippen molar-refractivity contribution in [2.75, 3.05) is 0 Å². The summed E-state index contributed by atoms with van der Waals surface area (Å²) < 4.78 is 28.7. The molecular weight excluding hydrogens is 302 g/mol. The quantitative estimate of drug-likeness (QED) is 0.652. The maximum atomic E-state index is 12.2. The van der Waals surface area contributed by atoms with Gasteiger partial charge in [-0.05, 0) is 60.9 Å². The average Bonchev–Trinajstić information content (AvgIpc) is 2.49. The number of allylic oxidation sites excluding steroid dienone is 1. The number of hydrogen-bond acceptors (Lipinski definition) is 3. The van der Waals surface area contributed by atoms with Gasteiger partial charge in [-0.1, -0.05) is 18.2 Å². The van der Waals surface area contributed by atoms with Crippen molar-refractivity contribution >= 4 is 11.9 Å². The first-order valence-corrected chi connectivity index (χ1v) is 6.94. The van der Waals surface area contributed by atoms with Gasteiger partial charge in [-0.3, -0.25) is 4.79 Å². The number of carbonyl (C=O) groups excluding carboxylic acids is 1. The van der Waals surface area contributed by atoms with Crippen LogP contribution in [0, 0.1) is 13.8 Å². The van der Waals surface area contributed by atoms with Gasteiger partial charge in [-0.15, -0.1) is 0 Å². The normalized spacial score (nSPS) is 11.2. The lowest BCUT2D eigenvalue weighted by molar-refractivity contribution is -0.0498. The molecule has 0 fully saturated rings. The number of ether oxygens (including phenoxy) is 1. The Kier molecular flexibility index (Phi) is 5.11. The van der Waals surface area contributed by atoms with Gasteiger partial charge < -0.3 is 9.84 Å². The van der Waals surface area contributed by atoms with E-state index in [0.717, 1.165) is 5.56 Å². The number of carbonyl (C=O) groups is 1. The highest BCUT2D eigenvalue weighted by atomic mass is 19.3. The topological polar surface area (TPSA) is 46.5 Å². The van der Waals surface area contributed by atoms with E-state index in [0.29, 0.717) is 11.1 Å². The lowest BCUT2D eigenvalue weighted by Gasteiger charge is -2.05. The summed E-state index contributed by atoms with van der Waals surface area (Å²) in [5.41, 5.74) is 2.45. The zero-order valence-corrected chi connectivity index (χ0v) is 12.7. The standard InChI is InChI=1S/C18H16F2O3/c1-11-8-13(9-12(2)17(11)22)6-7-16(21)14-4-3-5-15(10-14)23-18(19)20/h3-10,18,22H,1-2H3/b7-6+. The van der Waals surface area contributed by atoms with Crippen LogP contribution < -0.4 is 4.74 Å². The molecule has 23 heavy (non-hydrogen) atoms. The summed E-state index contributed by atoms with van der Waals surface area (Å²) in [4.78, 5) is 12.1. The second kappa shape index (κ2) is 7.05. The van der Waals surface area contributed by atoms with E-state index in [1.807, 2.05) is 0 Å². The van der Waals surface area contributed by atoms with E-state index in [4.69, 9.17) is 0 Å². The minimum Gasteiger partial charge on any atom is -0.507 e. The fraction of sp³-hybridized carbons (Fsp3) is 0.167. The van der Waals surface area contributed by atoms with Crippen LogP contribution >= 0.6 is 0 Å². The Morgan fingerprint density at radius 1 is 1.17 bits per heavy atom. The van der Waals surface area contributed by atoms with Crippen LogP contribution in [0.2, 0.25) is 0 Å². The number of phenols is 1. The van der Waals surface area contributed by atoms with Crippen molar-refractivity contribution in [2.24, 2.45) is 0 Å². The number of rotatable bonds is 5. The van der Waals surface area contributed by atoms with Crippen molar-refractivity contribution < 1.29 is 23.4 Å². The Balaban J connectivity index is 2.18. The molecule has 0 unspecified atom stereocenters. The fourth-order valence-corrected chi connectivity index (χ4v) is 2.18. The van der Waals surface area contributed by atoms with Gasteiger partial charge in [0.1, 0.15) is 11.5 Å². The summed E-state index contributed by atoms with van der Waals surface area (Å²) in [6, 6.07) is 9.14. The SMILES string of the molecule is Cc1cc(/C=C/C(=O)c2cccc(OC(F)F)c2)cc(C)c1O. The Morgan fingerprint density at radius 2 is 1.83 bits per heavy atom. The summed E-state index contributed by atoms with van der Waals surface area (Å²) in [5.74, 6) is -0.158. The van der Waals surface area contributed by atoms with E-state index in [1.54, 1.807) is 32.1 Å². The molecule has 2 aromatic carbocycles. The van der Waals surface area contributed by atoms with Gasteiger partial charge in [-0.2, -0.15) is 8.78 Å². The van der Waals surface area contributed by atoms with E-state index in [9.17, 15) is 18.7 Å². The summed E-state index contributed by atoms with van der Waals surface area (Å²) in [5, 5.41) is 9.72. The van der Waals surface area contributed by atoms with Gasteiger partial charge in [0.25, 0.3) is 0 Å². The number of ketones is 1. The first kappa shape index (κ1) is 16.7. The van der Waals surface area contributed by atoms with Crippen LogP contribution in [0.4, 0.5) is 8.78 Å². The molecule has 0 aromatic heterocycles. The first-order chi connectivity index (χ1) is 10.9. The Hall–Kier alpha value is -2.69. The lowest BCUT2D eigenvalue weighted by atomic mass is 10.0. The van der Waals surface area contributed by atoms with Gasteiger partial charge >= 0.3 is 6.61 Å². The zero-order valence-electron chi connectivity index (χ0n) is 12.7. The van der Waals surface area contributed by atoms with Crippen molar-refractivity contribution in [3.05, 3.63) is 64.7 Å². The number of halogens is 2. The predicted octanol–water partition coefficient (Wildman–Crippen LogP) is 4.51. The van der Waals surface area contributed by atoms with Crippen molar-refractivity contribution in [3.8, 4) is 11.5 Å². The Bertz CT molecular complexity index is 729. The summed E-state index contributed by atoms with van der Waals surface area (Å²) >= 11 is 0. The minimum atomic E-state index is -2.93. The van der Waals surface area contributed by atoms with Crippen molar-refractivity contribution in [2.45, 2.75) is 20.5 Å². The number of aryl methyl sites for hydroxylation is 2. The molecule has 0 saturated heterocycles. The molecule has 2 rings (SSSR count). The fourth-order valence-electron chi connectivity index (χ4n) is 2.18. The summed E-state index contributed by atoms with van der Waals surface area (Å²) in [7, 11) is 0. The molecule has 0 radical (unpaired) electrons. The molecule has 1 N–H and O–H groups in total. The maximum absolute atomic E-state index is 12.2. The molecule has 5 heteroatoms. The van der Waals surface area contributed by atoms with Crippen molar-refractivity contribution in [1.82, 2.24) is 0 Å². The number of phenolic OH excluding ortho intramolecular Hbond substituents is 1. The van der Waals surface area contributed by atoms with E-state index >= 15 is 0 Å². The average molecular weight is 318 g/mol. The van der Waals surface area contributed by atoms with Crippen LogP contribution in [0.5, 0.6) is 11.5 Å². The second-order valence-electron chi connectivity index (χ2n) is 5.11. The van der Waals surface area contributed by atoms with Crippen molar-refractivity contribution in [3.63, 3.8) is 0 Å². The summed E-state index contributed by atoms with van der Waals surface area (Å²) in [6.45, 7) is 0.609. The molecular formula is C18H16F2O3. The van der Waals surface area contributed by atoms with Gasteiger partial charge in [0.15, 0.2) is 5.78 Å². The summed E-state index contributed by atoms with van der Waals surface area (Å²) in [6.07, 6.45) is 2.97. The van der Waals surface area contributed by atoms with Gasteiger partial charge in [0, 0.05) is 5.56 Å². The number of aromatic hydroxyl groups is 1. The third-order valence-corrected chi connectivity index (χ3v) is 3.28. The molecule has 0 atom stereocenters. The maximum Gasteiger partial charge on any atom is 0.387 e. The Labute approximate surface area is 132 Å². The lowest BCUT2D eigenvalue weighted by Crippen LogP contribution is -2.03. The third kappa shape index (κ3) is 4.39. The molecule has 3 nitrogen and oxygen atoms in total. The van der Waals surface area contributed by atoms with Crippen LogP contribution in [0.25, 0.3) is 6.08 Å². The molecule has 0 heterocycles. The minimum absolute atomic E-state index is 0.0597. The number of benzene rings is 2. The highest BCUT2D eigenvalue weighted by Crippen LogP contribution is 2.23. The highest BCUT2D eigenvalue weighted by molar-refractivity contribution is 6.07. The molecule has 0 aliphatic rings. The molecule has 0 saturated carbocycles. The number of hydrogen-bond donors (Lipinski definition) is 1. The highest BCUT2D eigenvalue weighted by Gasteiger charge is 2.08. The largest absolute Gasteiger partial charge is 0.507 e. The smallest absolute Gasteiger partial charge is 0.387 e. The van der Waals surface area contributed by atoms with Gasteiger partial charge in [0.05, 0.1) is 0 Å². The molecule has 0 aliphatic heterocycles. The van der Waals surface area contributed by atoms with E-state index in [-0.39, 0.29) is 22.8 Å². The zero-order chi connectivity index (χ0) is 17.0. The second-order valence-corrected chi connectivity index (χ2v) is 5.11. The molecule has 0 aliphatic carbocycles. The molecule has 0 bridgehead atoms. The van der Waals surface area contributed by atoms with Crippen LogP contribution in [-0.2, 0) is 0 Å². The van der Waals surface area contributed by atoms with Gasteiger partial charge in [0.2, 0.25) is 0 Å². The monoisotopic (exact) mass is 318 g/mol. The van der Waals surface area contributed by atoms with Crippen molar-refractivity contribution in [1.29, 1.82) is 0 Å². The van der Waals surface area contributed by atoms with Crippen LogP contribution in [-0.4, -0.2) is 17.5 Å². The molecule has 120 valence electrons. The van der Waals surface area contributed by atoms with Gasteiger partial charge in [-0.25, -0.2) is 0 Å². The van der Waals surface area contributed by atoms with Crippen LogP contribution in [0.3, 0.4) is 0 Å². The number of alkyl halides is 2. The van der Waals surface area contributed by atoms with Crippen LogP contribution in [0.15, 0.2) is 42.5 Å². The third-order valence-electron chi connectivity index (χ3n) is 3.28. The Morgan fingerprint density at radius 3 is 2.43 bits per heavy atom. The van der Waals surface area contributed by atoms with Crippen LogP contribution in [0.1, 0.15) is 27.0 Å². The molecule has 0 amide bonds. The van der Waals surface area contributed by atoms with E-state index in [1.165, 1.54) is 30.3 Å². The first-order valence-electron chi connectivity index (χ1n) is 6.94. The predicted molar refractivity (Wildman–Crippen MR) is 84.0 cm³/mol. The van der Waals surface area contributed by atoms with E-state index in [2.05, 4.69) is 4.74 Å². The molecule has 2 aromatic rings. The molecule has 0 spiro atoms. The van der Waals surface area contributed by atoms with E-state index < -0.39 is 6.61 Å².